The molecule has 0 radical (unpaired) electrons. The molecule has 0 saturated heterocycles. The first-order valence-electron chi connectivity index (χ1n) is 6.60. The lowest BCUT2D eigenvalue weighted by atomic mass is 10.0. The maximum Gasteiger partial charge on any atom is 0.0669 e. The summed E-state index contributed by atoms with van der Waals surface area (Å²) in [4.78, 5) is 2.25. The van der Waals surface area contributed by atoms with Crippen molar-refractivity contribution in [1.82, 2.24) is 0 Å². The molecule has 0 bridgehead atoms. The Balaban J connectivity index is 2.10. The highest BCUT2D eigenvalue weighted by Crippen LogP contribution is 2.35. The molecular weight excluding hydrogens is 232 g/mol. The Kier molecular flexibility index (Phi) is 2.97. The molecule has 19 heavy (non-hydrogen) atoms. The van der Waals surface area contributed by atoms with E-state index in [-0.39, 0.29) is 0 Å². The molecule has 1 aliphatic heterocycles. The molecule has 0 unspecified atom stereocenters. The van der Waals surface area contributed by atoms with Crippen LogP contribution in [-0.4, -0.2) is 7.05 Å². The molecule has 0 fully saturated rings. The minimum atomic E-state index is 0.475. The lowest BCUT2D eigenvalue weighted by molar-refractivity contribution is 0.976. The number of rotatable bonds is 1. The van der Waals surface area contributed by atoms with E-state index in [0.717, 1.165) is 18.4 Å². The largest absolute Gasteiger partial charge is 0.344 e. The zero-order valence-electron chi connectivity index (χ0n) is 11.1. The molecule has 0 aliphatic carbocycles. The molecule has 0 atom stereocenters. The van der Waals surface area contributed by atoms with Crippen LogP contribution in [0.15, 0.2) is 42.5 Å². The number of benzene rings is 2. The fraction of sp³-hybridized carbons (Fsp3) is 0.235. The molecule has 2 aromatic carbocycles. The number of aryl methyl sites for hydroxylation is 2. The van der Waals surface area contributed by atoms with Crippen LogP contribution in [0.3, 0.4) is 0 Å². The van der Waals surface area contributed by atoms with Crippen molar-refractivity contribution in [2.75, 3.05) is 11.9 Å². The smallest absolute Gasteiger partial charge is 0.0669 e. The van der Waals surface area contributed by atoms with Gasteiger partial charge in [0.05, 0.1) is 12.5 Å². The predicted octanol–water partition coefficient (Wildman–Crippen LogP) is 3.62. The Morgan fingerprint density at radius 2 is 1.79 bits per heavy atom. The second-order valence-electron chi connectivity index (χ2n) is 4.99. The lowest BCUT2D eigenvalue weighted by Crippen LogP contribution is -2.11. The molecule has 94 valence electrons. The molecule has 2 aromatic rings. The van der Waals surface area contributed by atoms with Gasteiger partial charge in [0.1, 0.15) is 0 Å². The van der Waals surface area contributed by atoms with Gasteiger partial charge in [-0.3, -0.25) is 0 Å². The van der Waals surface area contributed by atoms with Gasteiger partial charge in [0.25, 0.3) is 0 Å². The van der Waals surface area contributed by atoms with Crippen molar-refractivity contribution in [2.45, 2.75) is 19.3 Å². The van der Waals surface area contributed by atoms with E-state index in [4.69, 9.17) is 5.26 Å². The van der Waals surface area contributed by atoms with Gasteiger partial charge < -0.3 is 4.90 Å². The molecule has 3 rings (SSSR count). The summed E-state index contributed by atoms with van der Waals surface area (Å²) in [6, 6.07) is 17.2. The quantitative estimate of drug-likeness (QED) is 0.770. The fourth-order valence-corrected chi connectivity index (χ4v) is 2.78. The van der Waals surface area contributed by atoms with E-state index in [1.165, 1.54) is 22.5 Å². The van der Waals surface area contributed by atoms with Crippen molar-refractivity contribution < 1.29 is 0 Å². The van der Waals surface area contributed by atoms with Crippen LogP contribution in [0.25, 0.3) is 0 Å². The SMILES string of the molecule is CN1c2ccccc2CCc2ccc(CC#N)cc21. The molecular formula is C17H16N2. The van der Waals surface area contributed by atoms with Crippen molar-refractivity contribution >= 4 is 11.4 Å². The van der Waals surface area contributed by atoms with Gasteiger partial charge in [0.15, 0.2) is 0 Å². The van der Waals surface area contributed by atoms with E-state index in [1.54, 1.807) is 0 Å². The highest BCUT2D eigenvalue weighted by atomic mass is 15.1. The molecule has 1 heterocycles. The summed E-state index contributed by atoms with van der Waals surface area (Å²) in [5.74, 6) is 0. The summed E-state index contributed by atoms with van der Waals surface area (Å²) in [6.45, 7) is 0. The van der Waals surface area contributed by atoms with E-state index >= 15 is 0 Å². The van der Waals surface area contributed by atoms with Crippen LogP contribution in [0, 0.1) is 11.3 Å². The van der Waals surface area contributed by atoms with E-state index in [2.05, 4.69) is 60.5 Å². The van der Waals surface area contributed by atoms with Gasteiger partial charge in [-0.1, -0.05) is 30.3 Å². The van der Waals surface area contributed by atoms with Crippen molar-refractivity contribution in [2.24, 2.45) is 0 Å². The average molecular weight is 248 g/mol. The summed E-state index contributed by atoms with van der Waals surface area (Å²) < 4.78 is 0. The summed E-state index contributed by atoms with van der Waals surface area (Å²) in [7, 11) is 2.11. The second kappa shape index (κ2) is 4.78. The number of nitrogens with zero attached hydrogens (tertiary/aromatic N) is 2. The molecule has 0 aromatic heterocycles. The number of anilines is 2. The van der Waals surface area contributed by atoms with Crippen molar-refractivity contribution in [3.05, 3.63) is 59.2 Å². The Morgan fingerprint density at radius 1 is 1.05 bits per heavy atom. The van der Waals surface area contributed by atoms with Gasteiger partial charge in [-0.2, -0.15) is 5.26 Å². The molecule has 1 aliphatic rings. The van der Waals surface area contributed by atoms with Gasteiger partial charge in [-0.15, -0.1) is 0 Å². The van der Waals surface area contributed by atoms with Crippen LogP contribution in [0.2, 0.25) is 0 Å². The molecule has 2 heteroatoms. The first-order chi connectivity index (χ1) is 9.29. The highest BCUT2D eigenvalue weighted by Gasteiger charge is 2.17. The summed E-state index contributed by atoms with van der Waals surface area (Å²) in [5.41, 5.74) is 6.35. The Hall–Kier alpha value is -2.27. The van der Waals surface area contributed by atoms with E-state index in [1.807, 2.05) is 0 Å². The first kappa shape index (κ1) is 11.8. The van der Waals surface area contributed by atoms with E-state index in [0.29, 0.717) is 6.42 Å². The third kappa shape index (κ3) is 2.08. The molecule has 0 spiro atoms. The minimum Gasteiger partial charge on any atom is -0.344 e. The van der Waals surface area contributed by atoms with Crippen molar-refractivity contribution in [3.63, 3.8) is 0 Å². The molecule has 2 nitrogen and oxygen atoms in total. The van der Waals surface area contributed by atoms with Crippen LogP contribution in [0.1, 0.15) is 16.7 Å². The standard InChI is InChI=1S/C17H16N2/c1-19-16-5-3-2-4-14(16)8-9-15-7-6-13(10-11-18)12-17(15)19/h2-7,12H,8-10H2,1H3. The Bertz CT molecular complexity index is 653. The Morgan fingerprint density at radius 3 is 2.58 bits per heavy atom. The van der Waals surface area contributed by atoms with Gasteiger partial charge in [0, 0.05) is 18.4 Å². The molecule has 0 N–H and O–H groups in total. The maximum atomic E-state index is 8.84. The third-order valence-electron chi connectivity index (χ3n) is 3.81. The summed E-state index contributed by atoms with van der Waals surface area (Å²) >= 11 is 0. The van der Waals surface area contributed by atoms with Crippen LogP contribution in [0.4, 0.5) is 11.4 Å². The minimum absolute atomic E-state index is 0.475. The van der Waals surface area contributed by atoms with E-state index < -0.39 is 0 Å². The number of para-hydroxylation sites is 1. The van der Waals surface area contributed by atoms with Crippen molar-refractivity contribution in [3.8, 4) is 6.07 Å². The number of hydrogen-bond donors (Lipinski definition) is 0. The van der Waals surface area contributed by atoms with Gasteiger partial charge in [-0.05, 0) is 41.7 Å². The summed E-state index contributed by atoms with van der Waals surface area (Å²) in [5, 5.41) is 8.84. The van der Waals surface area contributed by atoms with Crippen LogP contribution >= 0.6 is 0 Å². The fourth-order valence-electron chi connectivity index (χ4n) is 2.78. The van der Waals surface area contributed by atoms with Crippen molar-refractivity contribution in [1.29, 1.82) is 5.26 Å². The molecule has 0 amide bonds. The third-order valence-corrected chi connectivity index (χ3v) is 3.81. The van der Waals surface area contributed by atoms with Gasteiger partial charge >= 0.3 is 0 Å². The average Bonchev–Trinajstić information content (AvgIpc) is 2.58. The monoisotopic (exact) mass is 248 g/mol. The van der Waals surface area contributed by atoms with Crippen LogP contribution in [0.5, 0.6) is 0 Å². The number of hydrogen-bond acceptors (Lipinski definition) is 2. The van der Waals surface area contributed by atoms with Crippen LogP contribution in [-0.2, 0) is 19.3 Å². The summed E-state index contributed by atoms with van der Waals surface area (Å²) in [6.07, 6.45) is 2.61. The zero-order valence-corrected chi connectivity index (χ0v) is 11.1. The van der Waals surface area contributed by atoms with Crippen LogP contribution < -0.4 is 4.90 Å². The lowest BCUT2D eigenvalue weighted by Gasteiger charge is -2.22. The predicted molar refractivity (Wildman–Crippen MR) is 77.7 cm³/mol. The maximum absolute atomic E-state index is 8.84. The van der Waals surface area contributed by atoms with E-state index in [9.17, 15) is 0 Å². The number of fused-ring (bicyclic) bond motifs is 2. The highest BCUT2D eigenvalue weighted by molar-refractivity contribution is 5.71. The first-order valence-corrected chi connectivity index (χ1v) is 6.60. The Labute approximate surface area is 113 Å². The zero-order chi connectivity index (χ0) is 13.2. The normalized spacial score (nSPS) is 13.2. The number of nitriles is 1. The second-order valence-corrected chi connectivity index (χ2v) is 4.99. The van der Waals surface area contributed by atoms with Gasteiger partial charge in [-0.25, -0.2) is 0 Å². The topological polar surface area (TPSA) is 27.0 Å². The van der Waals surface area contributed by atoms with Gasteiger partial charge in [0.2, 0.25) is 0 Å². The molecule has 0 saturated carbocycles.